The zero-order chi connectivity index (χ0) is 14.9. The van der Waals surface area contributed by atoms with E-state index in [2.05, 4.69) is 31.1 Å². The quantitative estimate of drug-likeness (QED) is 0.894. The lowest BCUT2D eigenvalue weighted by atomic mass is 9.91. The monoisotopic (exact) mass is 312 g/mol. The SMILES string of the molecule is CNCc1sc(-c2ccc(Cl)cc2F)nc1C(C)(C)C. The van der Waals surface area contributed by atoms with E-state index in [-0.39, 0.29) is 11.2 Å². The molecule has 1 aromatic heterocycles. The van der Waals surface area contributed by atoms with Gasteiger partial charge in [0.15, 0.2) is 0 Å². The Labute approximate surface area is 128 Å². The van der Waals surface area contributed by atoms with Crippen LogP contribution in [-0.2, 0) is 12.0 Å². The Morgan fingerprint density at radius 1 is 1.35 bits per heavy atom. The zero-order valence-corrected chi connectivity index (χ0v) is 13.6. The van der Waals surface area contributed by atoms with Crippen molar-refractivity contribution in [2.45, 2.75) is 32.7 Å². The van der Waals surface area contributed by atoms with Gasteiger partial charge in [0.2, 0.25) is 0 Å². The molecule has 108 valence electrons. The number of aromatic nitrogens is 1. The van der Waals surface area contributed by atoms with E-state index in [0.717, 1.165) is 17.1 Å². The highest BCUT2D eigenvalue weighted by molar-refractivity contribution is 7.15. The van der Waals surface area contributed by atoms with Gasteiger partial charge >= 0.3 is 0 Å². The third-order valence-electron chi connectivity index (χ3n) is 2.91. The number of nitrogens with zero attached hydrogens (tertiary/aromatic N) is 1. The van der Waals surface area contributed by atoms with E-state index in [1.54, 1.807) is 12.1 Å². The predicted molar refractivity (Wildman–Crippen MR) is 84.0 cm³/mol. The normalized spacial score (nSPS) is 11.9. The summed E-state index contributed by atoms with van der Waals surface area (Å²) in [5, 5.41) is 4.24. The second kappa shape index (κ2) is 5.80. The van der Waals surface area contributed by atoms with Crippen LogP contribution in [0.25, 0.3) is 10.6 Å². The van der Waals surface area contributed by atoms with Crippen LogP contribution in [0.4, 0.5) is 4.39 Å². The molecule has 2 aromatic rings. The average molecular weight is 313 g/mol. The minimum atomic E-state index is -0.331. The van der Waals surface area contributed by atoms with Crippen molar-refractivity contribution in [3.8, 4) is 10.6 Å². The smallest absolute Gasteiger partial charge is 0.134 e. The second-order valence-electron chi connectivity index (χ2n) is 5.70. The van der Waals surface area contributed by atoms with E-state index in [1.165, 1.54) is 17.4 Å². The van der Waals surface area contributed by atoms with Crippen molar-refractivity contribution in [1.29, 1.82) is 0 Å². The highest BCUT2D eigenvalue weighted by Gasteiger charge is 2.24. The predicted octanol–water partition coefficient (Wildman–Crippen LogP) is 4.62. The molecule has 0 fully saturated rings. The summed E-state index contributed by atoms with van der Waals surface area (Å²) in [6.45, 7) is 7.08. The van der Waals surface area contributed by atoms with Gasteiger partial charge in [-0.3, -0.25) is 0 Å². The molecule has 5 heteroatoms. The molecule has 0 spiro atoms. The molecule has 2 nitrogen and oxygen atoms in total. The van der Waals surface area contributed by atoms with Gasteiger partial charge in [-0.15, -0.1) is 11.3 Å². The molecule has 0 bridgehead atoms. The van der Waals surface area contributed by atoms with Crippen molar-refractivity contribution in [1.82, 2.24) is 10.3 Å². The van der Waals surface area contributed by atoms with Crippen molar-refractivity contribution < 1.29 is 4.39 Å². The molecule has 0 aliphatic carbocycles. The molecule has 0 saturated heterocycles. The van der Waals surface area contributed by atoms with Gasteiger partial charge < -0.3 is 5.32 Å². The van der Waals surface area contributed by atoms with Gasteiger partial charge in [-0.05, 0) is 25.2 Å². The van der Waals surface area contributed by atoms with Crippen LogP contribution in [0.15, 0.2) is 18.2 Å². The van der Waals surface area contributed by atoms with Gasteiger partial charge in [0.25, 0.3) is 0 Å². The van der Waals surface area contributed by atoms with E-state index < -0.39 is 0 Å². The van der Waals surface area contributed by atoms with Crippen molar-refractivity contribution in [3.63, 3.8) is 0 Å². The Morgan fingerprint density at radius 2 is 2.05 bits per heavy atom. The van der Waals surface area contributed by atoms with Crippen LogP contribution in [0.5, 0.6) is 0 Å². The number of hydrogen-bond donors (Lipinski definition) is 1. The van der Waals surface area contributed by atoms with Crippen LogP contribution in [0.2, 0.25) is 5.02 Å². The molecular weight excluding hydrogens is 295 g/mol. The molecule has 1 heterocycles. The maximum atomic E-state index is 14.0. The largest absolute Gasteiger partial charge is 0.315 e. The van der Waals surface area contributed by atoms with E-state index >= 15 is 0 Å². The summed E-state index contributed by atoms with van der Waals surface area (Å²) in [7, 11) is 1.90. The first-order chi connectivity index (χ1) is 9.32. The van der Waals surface area contributed by atoms with Crippen LogP contribution in [0, 0.1) is 5.82 Å². The molecule has 20 heavy (non-hydrogen) atoms. The van der Waals surface area contributed by atoms with Crippen LogP contribution in [0.3, 0.4) is 0 Å². The Kier molecular flexibility index (Phi) is 4.47. The molecule has 0 saturated carbocycles. The van der Waals surface area contributed by atoms with Crippen LogP contribution in [-0.4, -0.2) is 12.0 Å². The third-order valence-corrected chi connectivity index (χ3v) is 4.23. The molecule has 0 amide bonds. The number of benzene rings is 1. The fraction of sp³-hybridized carbons (Fsp3) is 0.400. The number of halogens is 2. The molecule has 2 rings (SSSR count). The Bertz CT molecular complexity index is 617. The van der Waals surface area contributed by atoms with Crippen LogP contribution < -0.4 is 5.32 Å². The Balaban J connectivity index is 2.53. The lowest BCUT2D eigenvalue weighted by molar-refractivity contribution is 0.563. The van der Waals surface area contributed by atoms with E-state index in [0.29, 0.717) is 15.6 Å². The van der Waals surface area contributed by atoms with Crippen molar-refractivity contribution in [3.05, 3.63) is 39.6 Å². The van der Waals surface area contributed by atoms with Gasteiger partial charge in [-0.25, -0.2) is 9.37 Å². The lowest BCUT2D eigenvalue weighted by Crippen LogP contribution is -2.16. The number of nitrogens with one attached hydrogen (secondary N) is 1. The van der Waals surface area contributed by atoms with Gasteiger partial charge in [0.1, 0.15) is 10.8 Å². The first-order valence-corrected chi connectivity index (χ1v) is 7.62. The Hall–Kier alpha value is -0.970. The number of rotatable bonds is 3. The standard InChI is InChI=1S/C15H18ClFN2S/c1-15(2,3)13-12(8-18-4)20-14(19-13)10-6-5-9(16)7-11(10)17/h5-7,18H,8H2,1-4H3. The van der Waals surface area contributed by atoms with Crippen molar-refractivity contribution in [2.24, 2.45) is 0 Å². The van der Waals surface area contributed by atoms with Crippen LogP contribution >= 0.6 is 22.9 Å². The van der Waals surface area contributed by atoms with E-state index in [1.807, 2.05) is 7.05 Å². The molecule has 0 atom stereocenters. The van der Waals surface area contributed by atoms with Crippen molar-refractivity contribution >= 4 is 22.9 Å². The maximum absolute atomic E-state index is 14.0. The molecular formula is C15H18ClFN2S. The van der Waals surface area contributed by atoms with E-state index in [4.69, 9.17) is 11.6 Å². The molecule has 1 aromatic carbocycles. The summed E-state index contributed by atoms with van der Waals surface area (Å²) in [6, 6.07) is 4.70. The highest BCUT2D eigenvalue weighted by Crippen LogP contribution is 2.35. The maximum Gasteiger partial charge on any atom is 0.134 e. The Morgan fingerprint density at radius 3 is 2.60 bits per heavy atom. The molecule has 0 aliphatic heterocycles. The average Bonchev–Trinajstić information content (AvgIpc) is 2.73. The lowest BCUT2D eigenvalue weighted by Gasteiger charge is -2.17. The molecule has 0 aliphatic rings. The highest BCUT2D eigenvalue weighted by atomic mass is 35.5. The van der Waals surface area contributed by atoms with Crippen molar-refractivity contribution in [2.75, 3.05) is 7.05 Å². The summed E-state index contributed by atoms with van der Waals surface area (Å²) in [4.78, 5) is 5.80. The first kappa shape index (κ1) is 15.4. The zero-order valence-electron chi connectivity index (χ0n) is 12.1. The summed E-state index contributed by atoms with van der Waals surface area (Å²) in [5.41, 5.74) is 1.46. The summed E-state index contributed by atoms with van der Waals surface area (Å²) < 4.78 is 14.0. The third kappa shape index (κ3) is 3.19. The number of hydrogen-bond acceptors (Lipinski definition) is 3. The first-order valence-electron chi connectivity index (χ1n) is 6.43. The van der Waals surface area contributed by atoms with Gasteiger partial charge in [0.05, 0.1) is 5.69 Å². The number of thiazole rings is 1. The summed E-state index contributed by atoms with van der Waals surface area (Å²) in [6.07, 6.45) is 0. The minimum absolute atomic E-state index is 0.0656. The van der Waals surface area contributed by atoms with E-state index in [9.17, 15) is 4.39 Å². The molecule has 0 unspecified atom stereocenters. The molecule has 0 radical (unpaired) electrons. The topological polar surface area (TPSA) is 24.9 Å². The fourth-order valence-corrected chi connectivity index (χ4v) is 3.47. The van der Waals surface area contributed by atoms with Gasteiger partial charge in [-0.2, -0.15) is 0 Å². The van der Waals surface area contributed by atoms with Gasteiger partial charge in [-0.1, -0.05) is 32.4 Å². The fourth-order valence-electron chi connectivity index (χ4n) is 2.00. The van der Waals surface area contributed by atoms with Crippen LogP contribution in [0.1, 0.15) is 31.3 Å². The summed E-state index contributed by atoms with van der Waals surface area (Å²) in [5.74, 6) is -0.331. The second-order valence-corrected chi connectivity index (χ2v) is 7.22. The van der Waals surface area contributed by atoms with Gasteiger partial charge in [0, 0.05) is 27.4 Å². The minimum Gasteiger partial charge on any atom is -0.315 e. The molecule has 1 N–H and O–H groups in total. The summed E-state index contributed by atoms with van der Waals surface area (Å²) >= 11 is 7.32.